The Kier molecular flexibility index (Phi) is 6.16. The molecule has 9 heteroatoms. The van der Waals surface area contributed by atoms with Crippen molar-refractivity contribution in [3.05, 3.63) is 12.3 Å². The predicted molar refractivity (Wildman–Crippen MR) is 86.7 cm³/mol. The average molecular weight is 337 g/mol. The molecule has 1 aromatic heterocycles. The molecule has 1 fully saturated rings. The van der Waals surface area contributed by atoms with Gasteiger partial charge in [-0.05, 0) is 26.2 Å². The molecule has 1 atom stereocenters. The smallest absolute Gasteiger partial charge is 0.315 e. The molecule has 1 aliphatic heterocycles. The summed E-state index contributed by atoms with van der Waals surface area (Å²) in [4.78, 5) is 36.5. The zero-order chi connectivity index (χ0) is 17.5. The van der Waals surface area contributed by atoms with Gasteiger partial charge >= 0.3 is 12.0 Å². The van der Waals surface area contributed by atoms with E-state index < -0.39 is 18.0 Å². The van der Waals surface area contributed by atoms with Crippen molar-refractivity contribution in [3.8, 4) is 0 Å². The molecule has 3 amide bonds. The van der Waals surface area contributed by atoms with E-state index in [4.69, 9.17) is 5.11 Å². The maximum absolute atomic E-state index is 12.6. The number of hydrogen-bond acceptors (Lipinski definition) is 4. The van der Waals surface area contributed by atoms with Crippen LogP contribution in [0.15, 0.2) is 12.3 Å². The number of rotatable bonds is 7. The first-order valence-corrected chi connectivity index (χ1v) is 8.12. The van der Waals surface area contributed by atoms with Crippen LogP contribution in [0.1, 0.15) is 32.6 Å². The lowest BCUT2D eigenvalue weighted by atomic mass is 10.0. The first kappa shape index (κ1) is 17.8. The van der Waals surface area contributed by atoms with Crippen LogP contribution in [0.2, 0.25) is 0 Å². The standard InChI is InChI=1S/C15H23N5O4/c1-2-20-12(7-9-17-20)19-10-4-5-11(14(19)23)18-15(24)16-8-3-6-13(21)22/h7,9,11H,2-6,8,10H2,1H3,(H,21,22)(H2,16,18,24). The summed E-state index contributed by atoms with van der Waals surface area (Å²) in [6.07, 6.45) is 3.36. The molecule has 1 unspecified atom stereocenters. The van der Waals surface area contributed by atoms with Gasteiger partial charge in [0.2, 0.25) is 0 Å². The highest BCUT2D eigenvalue weighted by Crippen LogP contribution is 2.20. The third kappa shape index (κ3) is 4.46. The molecule has 1 saturated heterocycles. The fourth-order valence-electron chi connectivity index (χ4n) is 2.69. The lowest BCUT2D eigenvalue weighted by Gasteiger charge is -2.32. The van der Waals surface area contributed by atoms with Crippen LogP contribution < -0.4 is 15.5 Å². The number of anilines is 1. The SMILES string of the molecule is CCn1nccc1N1CCCC(NC(=O)NCCCC(=O)O)C1=O. The highest BCUT2D eigenvalue weighted by molar-refractivity contribution is 5.99. The van der Waals surface area contributed by atoms with E-state index in [1.807, 2.05) is 6.92 Å². The Hall–Kier alpha value is -2.58. The monoisotopic (exact) mass is 337 g/mol. The fourth-order valence-corrected chi connectivity index (χ4v) is 2.69. The lowest BCUT2D eigenvalue weighted by molar-refractivity contribution is -0.137. The minimum atomic E-state index is -0.900. The van der Waals surface area contributed by atoms with Crippen LogP contribution in [0, 0.1) is 0 Å². The molecule has 9 nitrogen and oxygen atoms in total. The zero-order valence-corrected chi connectivity index (χ0v) is 13.7. The molecule has 3 N–H and O–H groups in total. The number of carboxylic acids is 1. The van der Waals surface area contributed by atoms with E-state index in [-0.39, 0.29) is 18.9 Å². The van der Waals surface area contributed by atoms with Crippen molar-refractivity contribution in [1.29, 1.82) is 0 Å². The Morgan fingerprint density at radius 3 is 2.96 bits per heavy atom. The highest BCUT2D eigenvalue weighted by atomic mass is 16.4. The third-order valence-corrected chi connectivity index (χ3v) is 3.87. The number of amides is 3. The number of aromatic nitrogens is 2. The molecule has 132 valence electrons. The van der Waals surface area contributed by atoms with Crippen LogP contribution in [0.25, 0.3) is 0 Å². The molecule has 1 aromatic rings. The molecule has 2 rings (SSSR count). The summed E-state index contributed by atoms with van der Waals surface area (Å²) in [5.74, 6) is -0.323. The van der Waals surface area contributed by atoms with E-state index in [9.17, 15) is 14.4 Å². The first-order chi connectivity index (χ1) is 11.5. The van der Waals surface area contributed by atoms with Crippen molar-refractivity contribution in [1.82, 2.24) is 20.4 Å². The van der Waals surface area contributed by atoms with Gasteiger partial charge in [0.1, 0.15) is 11.9 Å². The number of aliphatic carboxylic acids is 1. The third-order valence-electron chi connectivity index (χ3n) is 3.87. The average Bonchev–Trinajstić information content (AvgIpc) is 3.02. The van der Waals surface area contributed by atoms with Gasteiger partial charge in [0.15, 0.2) is 0 Å². The van der Waals surface area contributed by atoms with Crippen LogP contribution in [0.5, 0.6) is 0 Å². The van der Waals surface area contributed by atoms with Gasteiger partial charge < -0.3 is 15.7 Å². The summed E-state index contributed by atoms with van der Waals surface area (Å²) in [7, 11) is 0. The van der Waals surface area contributed by atoms with Gasteiger partial charge in [0.25, 0.3) is 5.91 Å². The van der Waals surface area contributed by atoms with E-state index in [2.05, 4.69) is 15.7 Å². The number of carboxylic acid groups (broad SMARTS) is 1. The molecule has 0 spiro atoms. The van der Waals surface area contributed by atoms with Gasteiger partial charge in [0.05, 0.1) is 6.20 Å². The van der Waals surface area contributed by atoms with Gasteiger partial charge in [0, 0.05) is 32.1 Å². The van der Waals surface area contributed by atoms with Crippen LogP contribution in [-0.4, -0.2) is 51.9 Å². The predicted octanol–water partition coefficient (Wildman–Crippen LogP) is 0.562. The normalized spacial score (nSPS) is 17.6. The van der Waals surface area contributed by atoms with Crippen molar-refractivity contribution >= 4 is 23.7 Å². The van der Waals surface area contributed by atoms with Crippen LogP contribution in [0.4, 0.5) is 10.6 Å². The maximum atomic E-state index is 12.6. The second kappa shape index (κ2) is 8.32. The molecule has 1 aliphatic rings. The Morgan fingerprint density at radius 2 is 2.25 bits per heavy atom. The van der Waals surface area contributed by atoms with Gasteiger partial charge in [-0.15, -0.1) is 0 Å². The second-order valence-corrected chi connectivity index (χ2v) is 5.59. The first-order valence-electron chi connectivity index (χ1n) is 8.12. The number of nitrogens with one attached hydrogen (secondary N) is 2. The molecule has 24 heavy (non-hydrogen) atoms. The molecule has 0 aromatic carbocycles. The van der Waals surface area contributed by atoms with Gasteiger partial charge in [-0.1, -0.05) is 0 Å². The summed E-state index contributed by atoms with van der Waals surface area (Å²) in [5, 5.41) is 18.0. The summed E-state index contributed by atoms with van der Waals surface area (Å²) in [6, 6.07) is 0.749. The molecular weight excluding hydrogens is 314 g/mol. The number of nitrogens with zero attached hydrogens (tertiary/aromatic N) is 3. The van der Waals surface area contributed by atoms with Gasteiger partial charge in [-0.25, -0.2) is 9.48 Å². The molecule has 0 bridgehead atoms. The quantitative estimate of drug-likeness (QED) is 0.629. The van der Waals surface area contributed by atoms with Crippen LogP contribution in [0.3, 0.4) is 0 Å². The topological polar surface area (TPSA) is 117 Å². The number of carbonyl (C=O) groups excluding carboxylic acids is 2. The number of hydrogen-bond donors (Lipinski definition) is 3. The van der Waals surface area contributed by atoms with Crippen LogP contribution >= 0.6 is 0 Å². The lowest BCUT2D eigenvalue weighted by Crippen LogP contribution is -2.55. The van der Waals surface area contributed by atoms with Gasteiger partial charge in [-0.3, -0.25) is 14.5 Å². The fraction of sp³-hybridized carbons (Fsp3) is 0.600. The minimum Gasteiger partial charge on any atom is -0.481 e. The van der Waals surface area contributed by atoms with Crippen molar-refractivity contribution in [2.75, 3.05) is 18.0 Å². The van der Waals surface area contributed by atoms with Crippen LogP contribution in [-0.2, 0) is 16.1 Å². The molecular formula is C15H23N5O4. The minimum absolute atomic E-state index is 0.00256. The molecule has 2 heterocycles. The van der Waals surface area contributed by atoms with Gasteiger partial charge in [-0.2, -0.15) is 5.10 Å². The summed E-state index contributed by atoms with van der Waals surface area (Å²) < 4.78 is 1.74. The Morgan fingerprint density at radius 1 is 1.46 bits per heavy atom. The highest BCUT2D eigenvalue weighted by Gasteiger charge is 2.32. The number of aryl methyl sites for hydroxylation is 1. The molecule has 0 aliphatic carbocycles. The zero-order valence-electron chi connectivity index (χ0n) is 13.7. The van der Waals surface area contributed by atoms with E-state index in [1.165, 1.54) is 0 Å². The number of urea groups is 1. The van der Waals surface area contributed by atoms with E-state index in [0.717, 1.165) is 12.2 Å². The molecule has 0 radical (unpaired) electrons. The Balaban J connectivity index is 1.88. The summed E-state index contributed by atoms with van der Waals surface area (Å²) >= 11 is 0. The van der Waals surface area contributed by atoms with E-state index in [1.54, 1.807) is 21.8 Å². The summed E-state index contributed by atoms with van der Waals surface area (Å²) in [6.45, 7) is 3.47. The maximum Gasteiger partial charge on any atom is 0.315 e. The largest absolute Gasteiger partial charge is 0.481 e. The van der Waals surface area contributed by atoms with Crippen molar-refractivity contribution in [2.45, 2.75) is 45.2 Å². The van der Waals surface area contributed by atoms with Crippen molar-refractivity contribution < 1.29 is 19.5 Å². The number of carbonyl (C=O) groups is 3. The van der Waals surface area contributed by atoms with Crippen molar-refractivity contribution in [2.24, 2.45) is 0 Å². The summed E-state index contributed by atoms with van der Waals surface area (Å²) in [5.41, 5.74) is 0. The Labute approximate surface area is 140 Å². The number of piperidine rings is 1. The second-order valence-electron chi connectivity index (χ2n) is 5.59. The Bertz CT molecular complexity index is 600. The van der Waals surface area contributed by atoms with Crippen molar-refractivity contribution in [3.63, 3.8) is 0 Å². The van der Waals surface area contributed by atoms with E-state index in [0.29, 0.717) is 25.9 Å². The molecule has 0 saturated carbocycles. The van der Waals surface area contributed by atoms with E-state index >= 15 is 0 Å².